The van der Waals surface area contributed by atoms with E-state index in [1.807, 2.05) is 0 Å². The summed E-state index contributed by atoms with van der Waals surface area (Å²) in [5.41, 5.74) is 1.82. The van der Waals surface area contributed by atoms with Crippen LogP contribution in [-0.4, -0.2) is 11.9 Å². The third-order valence-corrected chi connectivity index (χ3v) is 2.67. The zero-order chi connectivity index (χ0) is 13.2. The van der Waals surface area contributed by atoms with E-state index in [0.29, 0.717) is 22.5 Å². The molecule has 5 heteroatoms. The molecule has 2 aromatic carbocycles. The number of rotatable bonds is 0. The second-order valence-electron chi connectivity index (χ2n) is 3.97. The van der Waals surface area contributed by atoms with Gasteiger partial charge in [-0.25, -0.2) is 9.59 Å². The van der Waals surface area contributed by atoms with E-state index in [1.54, 1.807) is 48.5 Å². The van der Waals surface area contributed by atoms with Crippen LogP contribution in [0.5, 0.6) is 0 Å². The van der Waals surface area contributed by atoms with Crippen LogP contribution in [0.15, 0.2) is 58.8 Å². The number of ether oxygens (including phenoxy) is 1. The van der Waals surface area contributed by atoms with Gasteiger partial charge in [0.1, 0.15) is 0 Å². The minimum atomic E-state index is -0.684. The van der Waals surface area contributed by atoms with Gasteiger partial charge in [0.15, 0.2) is 0 Å². The van der Waals surface area contributed by atoms with E-state index in [0.717, 1.165) is 0 Å². The number of azo groups is 1. The zero-order valence-corrected chi connectivity index (χ0v) is 9.74. The molecule has 2 aromatic rings. The largest absolute Gasteiger partial charge is 0.386 e. The highest BCUT2D eigenvalue weighted by Crippen LogP contribution is 2.21. The molecular weight excluding hydrogens is 244 g/mol. The summed E-state index contributed by atoms with van der Waals surface area (Å²) >= 11 is 0. The van der Waals surface area contributed by atoms with E-state index in [-0.39, 0.29) is 0 Å². The summed E-state index contributed by atoms with van der Waals surface area (Å²) < 4.78 is 4.78. The fourth-order valence-electron chi connectivity index (χ4n) is 1.65. The lowest BCUT2D eigenvalue weighted by atomic mass is 10.2. The maximum Gasteiger partial charge on any atom is 0.346 e. The van der Waals surface area contributed by atoms with Gasteiger partial charge in [-0.2, -0.15) is 10.2 Å². The SMILES string of the molecule is O=C1OC(=O)c2ccc(cc2)N=Nc2ccc1cc2. The lowest BCUT2D eigenvalue weighted by Gasteiger charge is -2.02. The van der Waals surface area contributed by atoms with Crippen molar-refractivity contribution in [1.29, 1.82) is 0 Å². The second-order valence-corrected chi connectivity index (χ2v) is 3.97. The monoisotopic (exact) mass is 252 g/mol. The van der Waals surface area contributed by atoms with Gasteiger partial charge < -0.3 is 4.74 Å². The van der Waals surface area contributed by atoms with Crippen LogP contribution in [-0.2, 0) is 4.74 Å². The molecule has 4 heterocycles. The number of hydrogen-bond donors (Lipinski definition) is 0. The average molecular weight is 252 g/mol. The van der Waals surface area contributed by atoms with Crippen molar-refractivity contribution in [1.82, 2.24) is 0 Å². The Morgan fingerprint density at radius 2 is 1.00 bits per heavy atom. The first-order valence-electron chi connectivity index (χ1n) is 5.61. The minimum Gasteiger partial charge on any atom is -0.386 e. The van der Waals surface area contributed by atoms with E-state index in [9.17, 15) is 9.59 Å². The first-order chi connectivity index (χ1) is 9.22. The van der Waals surface area contributed by atoms with Crippen molar-refractivity contribution < 1.29 is 14.3 Å². The number of benzene rings is 2. The zero-order valence-electron chi connectivity index (χ0n) is 9.74. The summed E-state index contributed by atoms with van der Waals surface area (Å²) in [6, 6.07) is 12.7. The molecular formula is C14H8N2O3. The van der Waals surface area contributed by atoms with Gasteiger partial charge in [-0.05, 0) is 48.5 Å². The molecule has 19 heavy (non-hydrogen) atoms. The van der Waals surface area contributed by atoms with Crippen LogP contribution in [0.1, 0.15) is 20.7 Å². The highest BCUT2D eigenvalue weighted by atomic mass is 16.6. The smallest absolute Gasteiger partial charge is 0.346 e. The van der Waals surface area contributed by atoms with Crippen molar-refractivity contribution in [2.24, 2.45) is 10.2 Å². The summed E-state index contributed by atoms with van der Waals surface area (Å²) in [5.74, 6) is -1.37. The normalized spacial score (nSPS) is 13.7. The number of nitrogens with zero attached hydrogens (tertiary/aromatic N) is 2. The van der Waals surface area contributed by atoms with E-state index >= 15 is 0 Å². The molecule has 0 radical (unpaired) electrons. The molecule has 0 aliphatic carbocycles. The van der Waals surface area contributed by atoms with E-state index in [4.69, 9.17) is 4.74 Å². The molecule has 4 aliphatic heterocycles. The van der Waals surface area contributed by atoms with Crippen molar-refractivity contribution in [3.8, 4) is 0 Å². The van der Waals surface area contributed by atoms with Crippen LogP contribution in [0.4, 0.5) is 11.4 Å². The van der Waals surface area contributed by atoms with Gasteiger partial charge in [0.05, 0.1) is 22.5 Å². The van der Waals surface area contributed by atoms with Crippen molar-refractivity contribution >= 4 is 23.3 Å². The van der Waals surface area contributed by atoms with Gasteiger partial charge in [0, 0.05) is 0 Å². The molecule has 0 unspecified atom stereocenters. The second kappa shape index (κ2) is 4.45. The molecule has 0 saturated heterocycles. The molecule has 0 saturated carbocycles. The maximum absolute atomic E-state index is 11.7. The van der Waals surface area contributed by atoms with E-state index in [2.05, 4.69) is 10.2 Å². The Morgan fingerprint density at radius 3 is 1.37 bits per heavy atom. The Bertz CT molecular complexity index is 613. The summed E-state index contributed by atoms with van der Waals surface area (Å²) in [4.78, 5) is 23.5. The first kappa shape index (κ1) is 11.3. The van der Waals surface area contributed by atoms with Crippen LogP contribution in [0.25, 0.3) is 0 Å². The molecule has 0 atom stereocenters. The van der Waals surface area contributed by atoms with Crippen molar-refractivity contribution in [2.75, 3.05) is 0 Å². The van der Waals surface area contributed by atoms with Crippen LogP contribution >= 0.6 is 0 Å². The van der Waals surface area contributed by atoms with Gasteiger partial charge in [-0.3, -0.25) is 0 Å². The Morgan fingerprint density at radius 1 is 0.632 bits per heavy atom. The molecule has 5 nitrogen and oxygen atoms in total. The number of hydrogen-bond acceptors (Lipinski definition) is 5. The van der Waals surface area contributed by atoms with Gasteiger partial charge >= 0.3 is 11.9 Å². The number of carbonyl (C=O) groups excluding carboxylic acids is 2. The predicted octanol–water partition coefficient (Wildman–Crippen LogP) is 3.41. The van der Waals surface area contributed by atoms with Crippen LogP contribution in [0, 0.1) is 0 Å². The van der Waals surface area contributed by atoms with Crippen LogP contribution < -0.4 is 0 Å². The summed E-state index contributed by atoms with van der Waals surface area (Å²) in [6.45, 7) is 0. The van der Waals surface area contributed by atoms with Crippen molar-refractivity contribution in [3.05, 3.63) is 59.7 Å². The van der Waals surface area contributed by atoms with Crippen molar-refractivity contribution in [3.63, 3.8) is 0 Å². The van der Waals surface area contributed by atoms with Gasteiger partial charge in [0.25, 0.3) is 0 Å². The third kappa shape index (κ3) is 2.26. The molecule has 92 valence electrons. The van der Waals surface area contributed by atoms with E-state index < -0.39 is 11.9 Å². The Kier molecular flexibility index (Phi) is 2.64. The highest BCUT2D eigenvalue weighted by Gasteiger charge is 2.15. The van der Waals surface area contributed by atoms with Crippen LogP contribution in [0.3, 0.4) is 0 Å². The Labute approximate surface area is 108 Å². The maximum atomic E-state index is 11.7. The minimum absolute atomic E-state index is 0.294. The van der Waals surface area contributed by atoms with Gasteiger partial charge in [-0.1, -0.05) is 0 Å². The van der Waals surface area contributed by atoms with Crippen molar-refractivity contribution in [2.45, 2.75) is 0 Å². The molecule has 0 amide bonds. The van der Waals surface area contributed by atoms with E-state index in [1.165, 1.54) is 0 Å². The molecule has 0 fully saturated rings. The standard InChI is InChI=1S/C14H8N2O3/c17-13-9-1-5-11(6-2-9)15-16-12-7-3-10(4-8-12)14(18)19-13/h1-8H. The fourth-order valence-corrected chi connectivity index (χ4v) is 1.65. The molecule has 0 spiro atoms. The predicted molar refractivity (Wildman–Crippen MR) is 66.8 cm³/mol. The topological polar surface area (TPSA) is 68.1 Å². The Balaban J connectivity index is 2.12. The molecule has 0 aromatic heterocycles. The first-order valence-corrected chi connectivity index (χ1v) is 5.61. The summed E-state index contributed by atoms with van der Waals surface area (Å²) in [6.07, 6.45) is 0. The quantitative estimate of drug-likeness (QED) is 0.533. The van der Waals surface area contributed by atoms with Gasteiger partial charge in [-0.15, -0.1) is 0 Å². The highest BCUT2D eigenvalue weighted by molar-refractivity contribution is 6.02. The molecule has 4 aliphatic rings. The fraction of sp³-hybridized carbons (Fsp3) is 0. The number of carbonyl (C=O) groups is 2. The third-order valence-electron chi connectivity index (χ3n) is 2.67. The lowest BCUT2D eigenvalue weighted by Crippen LogP contribution is -2.12. The Hall–Kier alpha value is -2.82. The summed E-state index contributed by atoms with van der Waals surface area (Å²) in [5, 5.41) is 8.07. The summed E-state index contributed by atoms with van der Waals surface area (Å²) in [7, 11) is 0. The number of esters is 2. The lowest BCUT2D eigenvalue weighted by molar-refractivity contribution is 0.0398. The molecule has 4 bridgehead atoms. The average Bonchev–Trinajstić information content (AvgIpc) is 2.47. The molecule has 6 rings (SSSR count). The van der Waals surface area contributed by atoms with Crippen LogP contribution in [0.2, 0.25) is 0 Å². The van der Waals surface area contributed by atoms with Gasteiger partial charge in [0.2, 0.25) is 0 Å². The molecule has 0 N–H and O–H groups in total.